The van der Waals surface area contributed by atoms with Crippen LogP contribution in [0.4, 0.5) is 0 Å². The molecular formula is C23H27N5O3. The maximum atomic E-state index is 12.9. The van der Waals surface area contributed by atoms with Crippen molar-refractivity contribution in [1.82, 2.24) is 25.2 Å². The van der Waals surface area contributed by atoms with Gasteiger partial charge in [-0.15, -0.1) is 0 Å². The van der Waals surface area contributed by atoms with E-state index in [1.807, 2.05) is 42.2 Å². The molecular weight excluding hydrogens is 394 g/mol. The summed E-state index contributed by atoms with van der Waals surface area (Å²) in [6.45, 7) is 4.72. The number of benzene rings is 1. The highest BCUT2D eigenvalue weighted by atomic mass is 16.5. The van der Waals surface area contributed by atoms with Gasteiger partial charge in [-0.3, -0.25) is 9.89 Å². The van der Waals surface area contributed by atoms with E-state index in [4.69, 9.17) is 9.26 Å². The number of hydrogen-bond acceptors (Lipinski definition) is 6. The summed E-state index contributed by atoms with van der Waals surface area (Å²) >= 11 is 0. The van der Waals surface area contributed by atoms with Gasteiger partial charge in [0.1, 0.15) is 5.69 Å². The van der Waals surface area contributed by atoms with Crippen molar-refractivity contribution in [3.05, 3.63) is 53.3 Å². The number of carbonyl (C=O) groups excluding carboxylic acids is 1. The summed E-state index contributed by atoms with van der Waals surface area (Å²) in [5.74, 6) is 2.05. The lowest BCUT2D eigenvalue weighted by atomic mass is 10.1. The number of rotatable bonds is 8. The van der Waals surface area contributed by atoms with Crippen LogP contribution in [0.25, 0.3) is 11.3 Å². The van der Waals surface area contributed by atoms with Crippen LogP contribution in [0.2, 0.25) is 0 Å². The zero-order valence-corrected chi connectivity index (χ0v) is 17.7. The van der Waals surface area contributed by atoms with Gasteiger partial charge in [0.25, 0.3) is 5.91 Å². The molecule has 0 spiro atoms. The van der Waals surface area contributed by atoms with E-state index in [9.17, 15) is 4.79 Å². The highest BCUT2D eigenvalue weighted by Crippen LogP contribution is 2.29. The van der Waals surface area contributed by atoms with Gasteiger partial charge in [0, 0.05) is 31.7 Å². The third-order valence-corrected chi connectivity index (χ3v) is 5.98. The monoisotopic (exact) mass is 421 g/mol. The Morgan fingerprint density at radius 2 is 2.10 bits per heavy atom. The Hall–Kier alpha value is -3.00. The van der Waals surface area contributed by atoms with Crippen molar-refractivity contribution in [1.29, 1.82) is 0 Å². The fourth-order valence-corrected chi connectivity index (χ4v) is 3.85. The molecule has 1 aromatic carbocycles. The van der Waals surface area contributed by atoms with Crippen LogP contribution in [0.5, 0.6) is 0 Å². The van der Waals surface area contributed by atoms with Gasteiger partial charge in [-0.25, -0.2) is 0 Å². The summed E-state index contributed by atoms with van der Waals surface area (Å²) < 4.78 is 11.1. The van der Waals surface area contributed by atoms with Crippen molar-refractivity contribution < 1.29 is 14.1 Å². The Bertz CT molecular complexity index is 1040. The van der Waals surface area contributed by atoms with E-state index in [1.165, 1.54) is 18.4 Å². The summed E-state index contributed by atoms with van der Waals surface area (Å²) in [6, 6.07) is 9.90. The first-order valence-electron chi connectivity index (χ1n) is 11.0. The Kier molecular flexibility index (Phi) is 5.55. The first-order chi connectivity index (χ1) is 15.2. The first kappa shape index (κ1) is 19.9. The number of aromatic amines is 1. The quantitative estimate of drug-likeness (QED) is 0.560. The number of hydrogen-bond donors (Lipinski definition) is 1. The van der Waals surface area contributed by atoms with E-state index < -0.39 is 0 Å². The highest BCUT2D eigenvalue weighted by Gasteiger charge is 2.32. The summed E-state index contributed by atoms with van der Waals surface area (Å²) in [5, 5.41) is 11.3. The molecule has 1 N–H and O–H groups in total. The van der Waals surface area contributed by atoms with E-state index in [0.29, 0.717) is 43.5 Å². The summed E-state index contributed by atoms with van der Waals surface area (Å²) in [4.78, 5) is 19.3. The van der Waals surface area contributed by atoms with E-state index in [-0.39, 0.29) is 11.8 Å². The summed E-state index contributed by atoms with van der Waals surface area (Å²) in [7, 11) is 0. The van der Waals surface area contributed by atoms with Crippen LogP contribution in [0.1, 0.15) is 52.9 Å². The maximum absolute atomic E-state index is 12.9. The number of nitrogens with zero attached hydrogens (tertiary/aromatic N) is 4. The van der Waals surface area contributed by atoms with Gasteiger partial charge >= 0.3 is 0 Å². The number of H-pyrrole nitrogens is 1. The van der Waals surface area contributed by atoms with Crippen molar-refractivity contribution in [3.63, 3.8) is 0 Å². The largest absolute Gasteiger partial charge is 0.381 e. The van der Waals surface area contributed by atoms with E-state index in [0.717, 1.165) is 30.2 Å². The fourth-order valence-electron chi connectivity index (χ4n) is 3.85. The van der Waals surface area contributed by atoms with Gasteiger partial charge in [-0.1, -0.05) is 35.0 Å². The predicted molar refractivity (Wildman–Crippen MR) is 114 cm³/mol. The van der Waals surface area contributed by atoms with Gasteiger partial charge < -0.3 is 14.2 Å². The number of likely N-dealkylation sites (tertiary alicyclic amines) is 1. The molecule has 5 rings (SSSR count). The summed E-state index contributed by atoms with van der Waals surface area (Å²) in [5.41, 5.74) is 3.44. The highest BCUT2D eigenvalue weighted by molar-refractivity contribution is 5.93. The SMILES string of the molecule is Cc1ccc(-c2cc(C(=O)N3CCC(c4nc(CCOCC5CC5)no4)C3)[nH]n2)cc1. The Labute approximate surface area is 181 Å². The van der Waals surface area contributed by atoms with Gasteiger partial charge in [0.05, 0.1) is 18.2 Å². The topological polar surface area (TPSA) is 97.1 Å². The molecule has 1 saturated carbocycles. The number of amides is 1. The molecule has 8 heteroatoms. The second-order valence-electron chi connectivity index (χ2n) is 8.59. The van der Waals surface area contributed by atoms with Crippen molar-refractivity contribution in [3.8, 4) is 11.3 Å². The van der Waals surface area contributed by atoms with Crippen LogP contribution >= 0.6 is 0 Å². The lowest BCUT2D eigenvalue weighted by Crippen LogP contribution is -2.28. The average molecular weight is 422 g/mol. The van der Waals surface area contributed by atoms with Crippen LogP contribution in [0, 0.1) is 12.8 Å². The molecule has 3 heterocycles. The number of aromatic nitrogens is 4. The van der Waals surface area contributed by atoms with Crippen LogP contribution in [-0.4, -0.2) is 57.4 Å². The van der Waals surface area contributed by atoms with E-state index in [1.54, 1.807) is 0 Å². The summed E-state index contributed by atoms with van der Waals surface area (Å²) in [6.07, 6.45) is 4.04. The van der Waals surface area contributed by atoms with Crippen LogP contribution < -0.4 is 0 Å². The molecule has 31 heavy (non-hydrogen) atoms. The van der Waals surface area contributed by atoms with Gasteiger partial charge in [-0.2, -0.15) is 10.1 Å². The lowest BCUT2D eigenvalue weighted by Gasteiger charge is -2.14. The molecule has 1 aliphatic carbocycles. The van der Waals surface area contributed by atoms with E-state index >= 15 is 0 Å². The Balaban J connectivity index is 1.16. The van der Waals surface area contributed by atoms with Crippen molar-refractivity contribution in [2.75, 3.05) is 26.3 Å². The molecule has 1 atom stereocenters. The third kappa shape index (κ3) is 4.69. The number of ether oxygens (including phenoxy) is 1. The maximum Gasteiger partial charge on any atom is 0.271 e. The van der Waals surface area contributed by atoms with Crippen molar-refractivity contribution in [2.45, 2.75) is 38.5 Å². The second kappa shape index (κ2) is 8.63. The van der Waals surface area contributed by atoms with Crippen molar-refractivity contribution in [2.24, 2.45) is 5.92 Å². The van der Waals surface area contributed by atoms with Crippen LogP contribution in [0.15, 0.2) is 34.9 Å². The minimum Gasteiger partial charge on any atom is -0.381 e. The molecule has 1 unspecified atom stereocenters. The molecule has 0 radical (unpaired) electrons. The molecule has 8 nitrogen and oxygen atoms in total. The molecule has 0 bridgehead atoms. The number of nitrogens with one attached hydrogen (secondary N) is 1. The first-order valence-corrected chi connectivity index (χ1v) is 11.0. The Morgan fingerprint density at radius 1 is 1.26 bits per heavy atom. The number of aryl methyl sites for hydroxylation is 1. The molecule has 1 amide bonds. The molecule has 1 saturated heterocycles. The van der Waals surface area contributed by atoms with Gasteiger partial charge in [-0.05, 0) is 38.2 Å². The Morgan fingerprint density at radius 3 is 2.90 bits per heavy atom. The standard InChI is InChI=1S/C23H27N5O3/c1-15-2-6-17(7-3-15)19-12-20(26-25-19)23(29)28-10-8-18(13-28)22-24-21(27-31-22)9-11-30-14-16-4-5-16/h2-3,6-7,12,16,18H,4-5,8-11,13-14H2,1H3,(H,25,26). The molecule has 2 aliphatic rings. The molecule has 162 valence electrons. The third-order valence-electron chi connectivity index (χ3n) is 5.98. The molecule has 1 aliphatic heterocycles. The van der Waals surface area contributed by atoms with Crippen LogP contribution in [-0.2, 0) is 11.2 Å². The molecule has 2 aromatic heterocycles. The van der Waals surface area contributed by atoms with Gasteiger partial charge in [0.2, 0.25) is 5.89 Å². The molecule has 2 fully saturated rings. The zero-order chi connectivity index (χ0) is 21.2. The zero-order valence-electron chi connectivity index (χ0n) is 17.7. The second-order valence-corrected chi connectivity index (χ2v) is 8.59. The minimum atomic E-state index is -0.0541. The average Bonchev–Trinajstić information content (AvgIpc) is 3.19. The number of carbonyl (C=O) groups is 1. The predicted octanol–water partition coefficient (Wildman–Crippen LogP) is 3.37. The van der Waals surface area contributed by atoms with Crippen LogP contribution in [0.3, 0.4) is 0 Å². The minimum absolute atomic E-state index is 0.0541. The molecule has 3 aromatic rings. The smallest absolute Gasteiger partial charge is 0.271 e. The van der Waals surface area contributed by atoms with Gasteiger partial charge in [0.15, 0.2) is 5.82 Å². The fraction of sp³-hybridized carbons (Fsp3) is 0.478. The lowest BCUT2D eigenvalue weighted by molar-refractivity contribution is 0.0783. The van der Waals surface area contributed by atoms with E-state index in [2.05, 4.69) is 20.3 Å². The normalized spacial score (nSPS) is 18.6. The van der Waals surface area contributed by atoms with Crippen molar-refractivity contribution >= 4 is 5.91 Å².